The van der Waals surface area contributed by atoms with Gasteiger partial charge in [0.05, 0.1) is 27.7 Å². The summed E-state index contributed by atoms with van der Waals surface area (Å²) >= 11 is 0. The number of aliphatic carboxylic acids is 3. The van der Waals surface area contributed by atoms with Gasteiger partial charge in [-0.3, -0.25) is 9.59 Å². The molecule has 0 aromatic heterocycles. The smallest absolute Gasteiger partial charge is 0.303 e. The van der Waals surface area contributed by atoms with Crippen LogP contribution in [0, 0.1) is 17.8 Å². The second kappa shape index (κ2) is 50.5. The van der Waals surface area contributed by atoms with Crippen LogP contribution < -0.4 is 5.11 Å². The summed E-state index contributed by atoms with van der Waals surface area (Å²) in [5.74, 6) is -0.210. The van der Waals surface area contributed by atoms with Crippen molar-refractivity contribution in [3.8, 4) is 0 Å². The number of aliphatic hydroxyl groups excluding tert-OH is 1. The Hall–Kier alpha value is -1.93. The molecule has 8 heteroatoms. The summed E-state index contributed by atoms with van der Waals surface area (Å²) < 4.78 is 0.844. The molecule has 0 fully saturated rings. The highest BCUT2D eigenvalue weighted by atomic mass is 16.4. The highest BCUT2D eigenvalue weighted by Gasteiger charge is 2.31. The number of unbranched alkanes of at least 4 members (excludes halogenated alkanes) is 29. The minimum absolute atomic E-state index is 0.183. The monoisotopic (exact) mass is 950 g/mol. The van der Waals surface area contributed by atoms with Gasteiger partial charge in [0.15, 0.2) is 0 Å². The summed E-state index contributed by atoms with van der Waals surface area (Å²) in [6, 6.07) is 0. The molecule has 0 saturated heterocycles. The van der Waals surface area contributed by atoms with Gasteiger partial charge in [0, 0.05) is 18.8 Å². The molecule has 0 spiro atoms. The van der Waals surface area contributed by atoms with Crippen LogP contribution >= 0.6 is 0 Å². The minimum atomic E-state index is -0.924. The van der Waals surface area contributed by atoms with Gasteiger partial charge in [-0.1, -0.05) is 231 Å². The van der Waals surface area contributed by atoms with Gasteiger partial charge in [-0.15, -0.1) is 0 Å². The van der Waals surface area contributed by atoms with Gasteiger partial charge in [0.2, 0.25) is 0 Å². The third-order valence-corrected chi connectivity index (χ3v) is 14.1. The quantitative estimate of drug-likeness (QED) is 0.0314. The van der Waals surface area contributed by atoms with Crippen LogP contribution in [0.3, 0.4) is 0 Å². The third kappa shape index (κ3) is 50.3. The van der Waals surface area contributed by atoms with Crippen molar-refractivity contribution in [2.24, 2.45) is 17.8 Å². The number of aliphatic hydroxyl groups is 1. The Morgan fingerprint density at radius 3 is 1.16 bits per heavy atom. The van der Waals surface area contributed by atoms with Crippen molar-refractivity contribution >= 4 is 17.9 Å². The summed E-state index contributed by atoms with van der Waals surface area (Å²) in [4.78, 5) is 33.1. The van der Waals surface area contributed by atoms with Gasteiger partial charge < -0.3 is 29.7 Å². The molecule has 3 unspecified atom stereocenters. The Morgan fingerprint density at radius 1 is 0.448 bits per heavy atom. The van der Waals surface area contributed by atoms with Crippen LogP contribution in [0.25, 0.3) is 0 Å². The van der Waals surface area contributed by atoms with Gasteiger partial charge in [0.25, 0.3) is 0 Å². The van der Waals surface area contributed by atoms with Crippen LogP contribution in [0.4, 0.5) is 0 Å². The summed E-state index contributed by atoms with van der Waals surface area (Å²) in [6.45, 7) is 8.03. The Kier molecular flexibility index (Phi) is 50.6. The molecule has 398 valence electrons. The van der Waals surface area contributed by atoms with E-state index in [1.54, 1.807) is 5.57 Å². The van der Waals surface area contributed by atoms with Crippen molar-refractivity contribution in [1.29, 1.82) is 0 Å². The fourth-order valence-electron chi connectivity index (χ4n) is 10.00. The first kappa shape index (κ1) is 67.1. The fourth-order valence-corrected chi connectivity index (χ4v) is 10.00. The summed E-state index contributed by atoms with van der Waals surface area (Å²) in [6.07, 6.45) is 52.3. The molecular weight excluding hydrogens is 835 g/mol. The van der Waals surface area contributed by atoms with Crippen LogP contribution in [0.1, 0.15) is 297 Å². The third-order valence-electron chi connectivity index (χ3n) is 14.1. The van der Waals surface area contributed by atoms with Gasteiger partial charge in [0.1, 0.15) is 6.54 Å². The number of carboxylic acids is 3. The van der Waals surface area contributed by atoms with Gasteiger partial charge in [-0.25, -0.2) is 0 Å². The van der Waals surface area contributed by atoms with Crippen LogP contribution in [0.5, 0.6) is 0 Å². The maximum Gasteiger partial charge on any atom is 0.303 e. The zero-order chi connectivity index (χ0) is 50.1. The van der Waals surface area contributed by atoms with E-state index in [0.29, 0.717) is 11.8 Å². The van der Waals surface area contributed by atoms with Crippen molar-refractivity contribution < 1.29 is 39.3 Å². The molecule has 0 aliphatic carbocycles. The lowest BCUT2D eigenvalue weighted by molar-refractivity contribution is -0.870. The normalized spacial score (nSPS) is 13.3. The first-order valence-corrected chi connectivity index (χ1v) is 29.1. The highest BCUT2D eigenvalue weighted by molar-refractivity contribution is 5.66. The molecule has 67 heavy (non-hydrogen) atoms. The van der Waals surface area contributed by atoms with Crippen LogP contribution in [0.2, 0.25) is 0 Å². The number of nitrogens with zero attached hydrogens (tertiary/aromatic N) is 1. The molecule has 8 nitrogen and oxygen atoms in total. The molecule has 0 radical (unpaired) electrons. The van der Waals surface area contributed by atoms with E-state index in [0.717, 1.165) is 81.2 Å². The molecule has 0 rings (SSSR count). The summed E-state index contributed by atoms with van der Waals surface area (Å²) in [5, 5.41) is 37.6. The van der Waals surface area contributed by atoms with E-state index < -0.39 is 17.9 Å². The maximum atomic E-state index is 11.2. The standard InChI is InChI=1S/C54H102O6.C5H14NO/c1-4-7-10-13-21-30-39-48(41-32-23-16-18-27-36-45-52(55)56)50(43-34-25-15-12-9-6-3)51(44-35-26-20-29-38-47-54(59)60)49(40-31-22-14-11-8-5-2)42-33-24-17-19-28-37-46-53(57)58;1-6(2,3)4-5-7/h41,49-51H,4-40,42-47H2,1-3H3,(H,55,56)(H,57,58)(H,59,60);7H,4-5H2,1-3H3/q;+1/p-1/b48-41-;. The Labute approximate surface area is 416 Å². The molecule has 0 heterocycles. The Balaban J connectivity index is 0. The van der Waals surface area contributed by atoms with E-state index in [2.05, 4.69) is 48.0 Å². The second-order valence-corrected chi connectivity index (χ2v) is 21.6. The molecule has 0 amide bonds. The zero-order valence-corrected chi connectivity index (χ0v) is 45.6. The van der Waals surface area contributed by atoms with Crippen LogP contribution in [-0.4, -0.2) is 72.0 Å². The van der Waals surface area contributed by atoms with E-state index in [-0.39, 0.29) is 25.9 Å². The zero-order valence-electron chi connectivity index (χ0n) is 45.6. The fraction of sp³-hybridized carbons (Fsp3) is 0.915. The number of carbonyl (C=O) groups is 3. The SMILES string of the molecule is CCCCCCCC/C(=C/CCCCCCCC(=O)O)C(CCCCCCCC)C(CCCCCCCC(=O)O)C(CCCCCCCC)CCCCCCCCC(=O)[O-].C[N+](C)(C)CCO. The lowest BCUT2D eigenvalue weighted by Gasteiger charge is -2.37. The van der Waals surface area contributed by atoms with Gasteiger partial charge >= 0.3 is 11.9 Å². The number of hydrogen-bond donors (Lipinski definition) is 3. The van der Waals surface area contributed by atoms with E-state index in [1.165, 1.54) is 193 Å². The molecule has 3 atom stereocenters. The molecule has 0 aliphatic heterocycles. The topological polar surface area (TPSA) is 135 Å². The minimum Gasteiger partial charge on any atom is -0.550 e. The summed E-state index contributed by atoms with van der Waals surface area (Å²) in [5.41, 5.74) is 1.78. The van der Waals surface area contributed by atoms with Crippen molar-refractivity contribution in [1.82, 2.24) is 0 Å². The lowest BCUT2D eigenvalue weighted by atomic mass is 9.68. The number of likely N-dealkylation sites (N-methyl/N-ethyl adjacent to an activating group) is 1. The number of hydrogen-bond acceptors (Lipinski definition) is 5. The largest absolute Gasteiger partial charge is 0.550 e. The van der Waals surface area contributed by atoms with Crippen molar-refractivity contribution in [2.75, 3.05) is 34.3 Å². The van der Waals surface area contributed by atoms with Crippen molar-refractivity contribution in [2.45, 2.75) is 297 Å². The maximum absolute atomic E-state index is 11.2. The first-order valence-electron chi connectivity index (χ1n) is 29.1. The van der Waals surface area contributed by atoms with E-state index in [1.807, 2.05) is 0 Å². The predicted octanol–water partition coefficient (Wildman–Crippen LogP) is 16.2. The average Bonchev–Trinajstić information content (AvgIpc) is 3.27. The number of quaternary nitrogens is 1. The van der Waals surface area contributed by atoms with Crippen molar-refractivity contribution in [3.05, 3.63) is 11.6 Å². The van der Waals surface area contributed by atoms with E-state index in [9.17, 15) is 24.6 Å². The Morgan fingerprint density at radius 2 is 0.791 bits per heavy atom. The van der Waals surface area contributed by atoms with E-state index >= 15 is 0 Å². The average molecular weight is 951 g/mol. The van der Waals surface area contributed by atoms with E-state index in [4.69, 9.17) is 10.2 Å². The number of carbonyl (C=O) groups excluding carboxylic acids is 1. The van der Waals surface area contributed by atoms with Crippen LogP contribution in [-0.2, 0) is 14.4 Å². The number of carboxylic acid groups (broad SMARTS) is 3. The summed E-state index contributed by atoms with van der Waals surface area (Å²) in [7, 11) is 6.16. The van der Waals surface area contributed by atoms with Gasteiger partial charge in [-0.2, -0.15) is 0 Å². The first-order chi connectivity index (χ1) is 32.3. The number of rotatable bonds is 51. The predicted molar refractivity (Wildman–Crippen MR) is 284 cm³/mol. The molecular formula is C59H115NO7. The molecule has 0 bridgehead atoms. The van der Waals surface area contributed by atoms with Crippen molar-refractivity contribution in [3.63, 3.8) is 0 Å². The highest BCUT2D eigenvalue weighted by Crippen LogP contribution is 2.42. The molecule has 0 aliphatic rings. The Bertz CT molecular complexity index is 1120. The van der Waals surface area contributed by atoms with Gasteiger partial charge in [-0.05, 0) is 82.0 Å². The lowest BCUT2D eigenvalue weighted by Crippen LogP contribution is -2.36. The molecule has 0 aromatic carbocycles. The van der Waals surface area contributed by atoms with Crippen LogP contribution in [0.15, 0.2) is 11.6 Å². The molecule has 0 aromatic rings. The molecule has 3 N–H and O–H groups in total. The second-order valence-electron chi connectivity index (χ2n) is 21.6. The molecule has 0 saturated carbocycles. The number of allylic oxidation sites excluding steroid dienone is 2.